The van der Waals surface area contributed by atoms with Crippen molar-refractivity contribution in [3.05, 3.63) is 36.2 Å². The van der Waals surface area contributed by atoms with Crippen LogP contribution >= 0.6 is 11.8 Å². The van der Waals surface area contributed by atoms with Crippen LogP contribution in [-0.4, -0.2) is 34.4 Å². The molecule has 1 aliphatic heterocycles. The zero-order valence-corrected chi connectivity index (χ0v) is 14.9. The van der Waals surface area contributed by atoms with Crippen molar-refractivity contribution in [2.24, 2.45) is 0 Å². The van der Waals surface area contributed by atoms with Gasteiger partial charge >= 0.3 is 0 Å². The minimum absolute atomic E-state index is 0.00210. The molecule has 0 bridgehead atoms. The maximum absolute atomic E-state index is 12.3. The summed E-state index contributed by atoms with van der Waals surface area (Å²) < 4.78 is 13.3. The van der Waals surface area contributed by atoms with Gasteiger partial charge in [-0.05, 0) is 37.5 Å². The van der Waals surface area contributed by atoms with Crippen LogP contribution in [-0.2, 0) is 4.79 Å². The van der Waals surface area contributed by atoms with Gasteiger partial charge in [-0.3, -0.25) is 4.79 Å². The second-order valence-electron chi connectivity index (χ2n) is 6.33. The molecule has 1 amide bonds. The van der Waals surface area contributed by atoms with Crippen LogP contribution in [0.3, 0.4) is 0 Å². The molecule has 1 unspecified atom stereocenters. The SMILES string of the molecule is CC(NC(=O)CSc1nccn1C1CC1)c1ccc2c(c1)OCCO2. The number of nitrogens with zero attached hydrogens (tertiary/aromatic N) is 2. The molecule has 4 rings (SSSR count). The zero-order chi connectivity index (χ0) is 17.2. The van der Waals surface area contributed by atoms with Crippen molar-refractivity contribution < 1.29 is 14.3 Å². The van der Waals surface area contributed by atoms with Crippen LogP contribution in [0.2, 0.25) is 0 Å². The molecule has 1 fully saturated rings. The summed E-state index contributed by atoms with van der Waals surface area (Å²) in [7, 11) is 0. The number of hydrogen-bond acceptors (Lipinski definition) is 5. The van der Waals surface area contributed by atoms with Crippen molar-refractivity contribution in [1.29, 1.82) is 0 Å². The normalized spacial score (nSPS) is 17.2. The summed E-state index contributed by atoms with van der Waals surface area (Å²) in [6, 6.07) is 6.28. The Morgan fingerprint density at radius 2 is 2.16 bits per heavy atom. The number of thioether (sulfide) groups is 1. The minimum atomic E-state index is -0.0906. The van der Waals surface area contributed by atoms with E-state index >= 15 is 0 Å². The molecule has 1 aromatic carbocycles. The van der Waals surface area contributed by atoms with Crippen molar-refractivity contribution >= 4 is 17.7 Å². The lowest BCUT2D eigenvalue weighted by atomic mass is 10.1. The molecular formula is C18H21N3O3S. The molecule has 2 aromatic rings. The van der Waals surface area contributed by atoms with E-state index in [9.17, 15) is 4.79 Å². The maximum atomic E-state index is 12.3. The molecule has 25 heavy (non-hydrogen) atoms. The largest absolute Gasteiger partial charge is 0.486 e. The highest BCUT2D eigenvalue weighted by atomic mass is 32.2. The first-order chi connectivity index (χ1) is 12.2. The second-order valence-corrected chi connectivity index (χ2v) is 7.27. The maximum Gasteiger partial charge on any atom is 0.230 e. The van der Waals surface area contributed by atoms with Crippen molar-refractivity contribution in [2.45, 2.75) is 37.0 Å². The number of ether oxygens (including phenoxy) is 2. The average Bonchev–Trinajstić information content (AvgIpc) is 3.37. The molecule has 7 heteroatoms. The first-order valence-electron chi connectivity index (χ1n) is 8.55. The van der Waals surface area contributed by atoms with Crippen molar-refractivity contribution in [3.63, 3.8) is 0 Å². The van der Waals surface area contributed by atoms with Crippen LogP contribution in [0.1, 0.15) is 37.4 Å². The number of hydrogen-bond donors (Lipinski definition) is 1. The predicted octanol–water partition coefficient (Wildman–Crippen LogP) is 2.96. The number of carbonyl (C=O) groups excluding carboxylic acids is 1. The quantitative estimate of drug-likeness (QED) is 0.804. The van der Waals surface area contributed by atoms with Crippen LogP contribution in [0.5, 0.6) is 11.5 Å². The highest BCUT2D eigenvalue weighted by Gasteiger charge is 2.25. The Kier molecular flexibility index (Phi) is 4.57. The Bertz CT molecular complexity index is 773. The summed E-state index contributed by atoms with van der Waals surface area (Å²) in [6.07, 6.45) is 6.21. The Balaban J connectivity index is 1.33. The van der Waals surface area contributed by atoms with E-state index in [4.69, 9.17) is 9.47 Å². The van der Waals surface area contributed by atoms with Gasteiger partial charge in [0, 0.05) is 18.4 Å². The topological polar surface area (TPSA) is 65.4 Å². The third-order valence-electron chi connectivity index (χ3n) is 4.35. The fourth-order valence-corrected chi connectivity index (χ4v) is 3.71. The number of benzene rings is 1. The summed E-state index contributed by atoms with van der Waals surface area (Å²) in [6.45, 7) is 3.10. The predicted molar refractivity (Wildman–Crippen MR) is 95.2 cm³/mol. The van der Waals surface area contributed by atoms with Gasteiger partial charge in [-0.2, -0.15) is 0 Å². The number of carbonyl (C=O) groups is 1. The zero-order valence-electron chi connectivity index (χ0n) is 14.1. The average molecular weight is 359 g/mol. The standard InChI is InChI=1S/C18H21N3O3S/c1-12(13-2-5-15-16(10-13)24-9-8-23-15)20-17(22)11-25-18-19-6-7-21(18)14-3-4-14/h2,5-7,10,12,14H,3-4,8-9,11H2,1H3,(H,20,22). The van der Waals surface area contributed by atoms with Crippen molar-refractivity contribution in [1.82, 2.24) is 14.9 Å². The first-order valence-corrected chi connectivity index (χ1v) is 9.54. The molecule has 0 saturated heterocycles. The van der Waals surface area contributed by atoms with Crippen LogP contribution in [0.25, 0.3) is 0 Å². The summed E-state index contributed by atoms with van der Waals surface area (Å²) in [5.74, 6) is 1.86. The smallest absolute Gasteiger partial charge is 0.230 e. The van der Waals surface area contributed by atoms with E-state index in [0.717, 1.165) is 22.2 Å². The fourth-order valence-electron chi connectivity index (χ4n) is 2.87. The summed E-state index contributed by atoms with van der Waals surface area (Å²) in [5, 5.41) is 3.96. The lowest BCUT2D eigenvalue weighted by molar-refractivity contribution is -0.119. The second kappa shape index (κ2) is 7.00. The van der Waals surface area contributed by atoms with Gasteiger partial charge in [-0.1, -0.05) is 17.8 Å². The molecule has 2 heterocycles. The van der Waals surface area contributed by atoms with E-state index in [2.05, 4.69) is 14.9 Å². The number of nitrogens with one attached hydrogen (secondary N) is 1. The van der Waals surface area contributed by atoms with Gasteiger partial charge < -0.3 is 19.4 Å². The Labute approximate surface area is 150 Å². The fraction of sp³-hybridized carbons (Fsp3) is 0.444. The van der Waals surface area contributed by atoms with Crippen LogP contribution in [0.4, 0.5) is 0 Å². The number of amides is 1. The van der Waals surface area contributed by atoms with Crippen LogP contribution in [0, 0.1) is 0 Å². The number of aromatic nitrogens is 2. The Hall–Kier alpha value is -2.15. The minimum Gasteiger partial charge on any atom is -0.486 e. The number of rotatable bonds is 6. The molecule has 1 N–H and O–H groups in total. The molecule has 1 saturated carbocycles. The van der Waals surface area contributed by atoms with E-state index in [1.54, 1.807) is 6.20 Å². The molecule has 1 atom stereocenters. The Morgan fingerprint density at radius 1 is 1.36 bits per heavy atom. The summed E-state index contributed by atoms with van der Waals surface area (Å²) in [4.78, 5) is 16.6. The monoisotopic (exact) mass is 359 g/mol. The third kappa shape index (κ3) is 3.76. The molecule has 6 nitrogen and oxygen atoms in total. The molecular weight excluding hydrogens is 338 g/mol. The lowest BCUT2D eigenvalue weighted by Gasteiger charge is -2.21. The highest BCUT2D eigenvalue weighted by Crippen LogP contribution is 2.37. The van der Waals surface area contributed by atoms with Crippen LogP contribution < -0.4 is 14.8 Å². The summed E-state index contributed by atoms with van der Waals surface area (Å²) in [5.41, 5.74) is 1.00. The van der Waals surface area contributed by atoms with E-state index in [1.165, 1.54) is 24.6 Å². The number of fused-ring (bicyclic) bond motifs is 1. The molecule has 132 valence electrons. The first kappa shape index (κ1) is 16.3. The van der Waals surface area contributed by atoms with Gasteiger partial charge in [-0.15, -0.1) is 0 Å². The molecule has 1 aliphatic carbocycles. The van der Waals surface area contributed by atoms with Crippen molar-refractivity contribution in [3.8, 4) is 11.5 Å². The van der Waals surface area contributed by atoms with E-state index in [0.29, 0.717) is 25.0 Å². The van der Waals surface area contributed by atoms with Gasteiger partial charge in [0.15, 0.2) is 16.7 Å². The van der Waals surface area contributed by atoms with Gasteiger partial charge in [0.2, 0.25) is 5.91 Å². The molecule has 2 aliphatic rings. The van der Waals surface area contributed by atoms with Gasteiger partial charge in [0.1, 0.15) is 13.2 Å². The van der Waals surface area contributed by atoms with E-state index in [1.807, 2.05) is 31.3 Å². The molecule has 1 aromatic heterocycles. The van der Waals surface area contributed by atoms with Gasteiger partial charge in [0.05, 0.1) is 11.8 Å². The van der Waals surface area contributed by atoms with Gasteiger partial charge in [0.25, 0.3) is 0 Å². The van der Waals surface area contributed by atoms with Gasteiger partial charge in [-0.25, -0.2) is 4.98 Å². The van der Waals surface area contributed by atoms with Crippen LogP contribution in [0.15, 0.2) is 35.7 Å². The third-order valence-corrected chi connectivity index (χ3v) is 5.33. The summed E-state index contributed by atoms with van der Waals surface area (Å²) >= 11 is 1.49. The van der Waals surface area contributed by atoms with E-state index in [-0.39, 0.29) is 11.9 Å². The Morgan fingerprint density at radius 3 is 2.96 bits per heavy atom. The van der Waals surface area contributed by atoms with Crippen molar-refractivity contribution in [2.75, 3.05) is 19.0 Å². The lowest BCUT2D eigenvalue weighted by Crippen LogP contribution is -2.28. The van der Waals surface area contributed by atoms with E-state index < -0.39 is 0 Å². The molecule has 0 radical (unpaired) electrons. The number of imidazole rings is 1. The highest BCUT2D eigenvalue weighted by molar-refractivity contribution is 7.99. The molecule has 0 spiro atoms.